The maximum Gasteiger partial charge on any atom is 0.220 e. The average Bonchev–Trinajstić information content (AvgIpc) is 3.32. The highest BCUT2D eigenvalue weighted by atomic mass is 16.3. The molecule has 3 N–H and O–H groups in total. The number of nitrogens with zero attached hydrogens (tertiary/aromatic N) is 1. The molecule has 0 saturated heterocycles. The van der Waals surface area contributed by atoms with Crippen LogP contribution in [-0.4, -0.2) is 21.0 Å². The molecule has 5 rings (SSSR count). The first-order valence-electron chi connectivity index (χ1n) is 11.8. The monoisotopic (exact) mass is 461 g/mol. The van der Waals surface area contributed by atoms with Crippen molar-refractivity contribution in [3.63, 3.8) is 0 Å². The summed E-state index contributed by atoms with van der Waals surface area (Å²) in [5, 5.41) is 15.1. The summed E-state index contributed by atoms with van der Waals surface area (Å²) in [7, 11) is 0. The summed E-state index contributed by atoms with van der Waals surface area (Å²) in [6, 6.07) is 27.8. The number of aromatic nitrogens is 2. The normalized spacial score (nSPS) is 11.0. The lowest BCUT2D eigenvalue weighted by atomic mass is 9.98. The highest BCUT2D eigenvalue weighted by molar-refractivity contribution is 5.88. The van der Waals surface area contributed by atoms with Crippen LogP contribution in [0.2, 0.25) is 0 Å². The molecule has 0 bridgehead atoms. The molecule has 0 aliphatic heterocycles. The van der Waals surface area contributed by atoms with Gasteiger partial charge in [-0.2, -0.15) is 0 Å². The van der Waals surface area contributed by atoms with Gasteiger partial charge >= 0.3 is 0 Å². The molecule has 0 radical (unpaired) electrons. The first-order valence-corrected chi connectivity index (χ1v) is 11.8. The molecule has 0 aliphatic carbocycles. The molecule has 2 aromatic heterocycles. The number of carbonyl (C=O) groups is 1. The highest BCUT2D eigenvalue weighted by Crippen LogP contribution is 2.38. The van der Waals surface area contributed by atoms with E-state index in [2.05, 4.69) is 27.4 Å². The number of amides is 1. The smallest absolute Gasteiger partial charge is 0.220 e. The Morgan fingerprint density at radius 3 is 2.54 bits per heavy atom. The van der Waals surface area contributed by atoms with Gasteiger partial charge in [-0.3, -0.25) is 9.78 Å². The first-order chi connectivity index (χ1) is 17.2. The molecule has 5 aromatic rings. The zero-order valence-electron chi connectivity index (χ0n) is 19.4. The van der Waals surface area contributed by atoms with E-state index in [4.69, 9.17) is 0 Å². The van der Waals surface area contributed by atoms with E-state index >= 15 is 0 Å². The number of H-pyrrole nitrogens is 1. The van der Waals surface area contributed by atoms with E-state index < -0.39 is 0 Å². The number of hydrogen-bond donors (Lipinski definition) is 3. The van der Waals surface area contributed by atoms with E-state index in [1.807, 2.05) is 72.8 Å². The van der Waals surface area contributed by atoms with Gasteiger partial charge in [0.1, 0.15) is 5.75 Å². The molecular formula is C30H27N3O2. The molecule has 3 aromatic carbocycles. The van der Waals surface area contributed by atoms with Crippen LogP contribution in [0.1, 0.15) is 24.0 Å². The van der Waals surface area contributed by atoms with Gasteiger partial charge in [0.05, 0.1) is 5.69 Å². The Morgan fingerprint density at radius 1 is 0.886 bits per heavy atom. The average molecular weight is 462 g/mol. The second-order valence-electron chi connectivity index (χ2n) is 8.66. The predicted molar refractivity (Wildman–Crippen MR) is 140 cm³/mol. The lowest BCUT2D eigenvalue weighted by molar-refractivity contribution is -0.121. The molecule has 0 saturated carbocycles. The fourth-order valence-corrected chi connectivity index (χ4v) is 4.35. The Labute approximate surface area is 204 Å². The van der Waals surface area contributed by atoms with Gasteiger partial charge in [0.25, 0.3) is 0 Å². The Kier molecular flexibility index (Phi) is 6.57. The van der Waals surface area contributed by atoms with E-state index in [0.29, 0.717) is 13.0 Å². The number of hydrogen-bond acceptors (Lipinski definition) is 3. The third kappa shape index (κ3) is 5.25. The van der Waals surface area contributed by atoms with Gasteiger partial charge in [-0.05, 0) is 53.8 Å². The maximum absolute atomic E-state index is 12.3. The van der Waals surface area contributed by atoms with Crippen LogP contribution in [0.3, 0.4) is 0 Å². The number of phenolic OH excluding ortho intramolecular Hbond substituents is 1. The minimum Gasteiger partial charge on any atom is -0.507 e. The molecule has 0 atom stereocenters. The summed E-state index contributed by atoms with van der Waals surface area (Å²) in [5.74, 6) is 0.263. The number of pyridine rings is 1. The fraction of sp³-hybridized carbons (Fsp3) is 0.133. The van der Waals surface area contributed by atoms with E-state index in [9.17, 15) is 9.90 Å². The number of aryl methyl sites for hydroxylation is 1. The van der Waals surface area contributed by atoms with Crippen LogP contribution in [0, 0.1) is 0 Å². The van der Waals surface area contributed by atoms with Gasteiger partial charge < -0.3 is 15.4 Å². The molecule has 5 nitrogen and oxygen atoms in total. The molecule has 5 heteroatoms. The van der Waals surface area contributed by atoms with Crippen LogP contribution in [-0.2, 0) is 17.8 Å². The van der Waals surface area contributed by atoms with Gasteiger partial charge in [-0.1, -0.05) is 60.7 Å². The van der Waals surface area contributed by atoms with Crippen molar-refractivity contribution in [2.75, 3.05) is 0 Å². The third-order valence-corrected chi connectivity index (χ3v) is 6.19. The van der Waals surface area contributed by atoms with Crippen molar-refractivity contribution < 1.29 is 9.90 Å². The lowest BCUT2D eigenvalue weighted by Crippen LogP contribution is -2.22. The number of rotatable bonds is 8. The second kappa shape index (κ2) is 10.3. The number of para-hydroxylation sites is 1. The first kappa shape index (κ1) is 22.4. The van der Waals surface area contributed by atoms with Crippen molar-refractivity contribution in [1.29, 1.82) is 0 Å². The molecular weight excluding hydrogens is 434 g/mol. The minimum atomic E-state index is 0.0458. The second-order valence-corrected chi connectivity index (χ2v) is 8.66. The molecule has 1 amide bonds. The van der Waals surface area contributed by atoms with E-state index in [1.165, 1.54) is 5.56 Å². The number of carbonyl (C=O) groups excluding carboxylic acids is 1. The van der Waals surface area contributed by atoms with Gasteiger partial charge in [-0.15, -0.1) is 0 Å². The van der Waals surface area contributed by atoms with Crippen LogP contribution in [0.25, 0.3) is 33.3 Å². The topological polar surface area (TPSA) is 78.0 Å². The molecule has 174 valence electrons. The van der Waals surface area contributed by atoms with Crippen molar-refractivity contribution in [3.05, 3.63) is 108 Å². The summed E-state index contributed by atoms with van der Waals surface area (Å²) >= 11 is 0. The Morgan fingerprint density at radius 2 is 1.69 bits per heavy atom. The number of aromatic hydroxyl groups is 1. The van der Waals surface area contributed by atoms with Crippen molar-refractivity contribution in [2.24, 2.45) is 0 Å². The summed E-state index contributed by atoms with van der Waals surface area (Å²) in [5.41, 5.74) is 6.43. The minimum absolute atomic E-state index is 0.0458. The number of phenols is 1. The summed E-state index contributed by atoms with van der Waals surface area (Å²) < 4.78 is 0. The SMILES string of the molecule is O=C(CCCc1ccccc1)NCc1cccc(-c2cccc(-c3cc4cnccc4[nH]3)c2O)c1. The summed E-state index contributed by atoms with van der Waals surface area (Å²) in [4.78, 5) is 19.9. The van der Waals surface area contributed by atoms with Gasteiger partial charge in [0.2, 0.25) is 5.91 Å². The number of fused-ring (bicyclic) bond motifs is 1. The van der Waals surface area contributed by atoms with E-state index in [1.54, 1.807) is 12.4 Å². The number of nitrogens with one attached hydrogen (secondary N) is 2. The summed E-state index contributed by atoms with van der Waals surface area (Å²) in [6.07, 6.45) is 5.76. The number of aromatic amines is 1. The van der Waals surface area contributed by atoms with Crippen molar-refractivity contribution >= 4 is 16.8 Å². The van der Waals surface area contributed by atoms with Crippen LogP contribution in [0.5, 0.6) is 5.75 Å². The molecule has 0 fully saturated rings. The molecule has 2 heterocycles. The van der Waals surface area contributed by atoms with E-state index in [-0.39, 0.29) is 11.7 Å². The van der Waals surface area contributed by atoms with Gasteiger partial charge in [-0.25, -0.2) is 0 Å². The third-order valence-electron chi connectivity index (χ3n) is 6.19. The number of benzene rings is 3. The highest BCUT2D eigenvalue weighted by Gasteiger charge is 2.13. The summed E-state index contributed by atoms with van der Waals surface area (Å²) in [6.45, 7) is 0.452. The largest absolute Gasteiger partial charge is 0.507 e. The predicted octanol–water partition coefficient (Wildman–Crippen LogP) is 6.24. The Bertz CT molecular complexity index is 1420. The van der Waals surface area contributed by atoms with E-state index in [0.717, 1.165) is 51.7 Å². The lowest BCUT2D eigenvalue weighted by Gasteiger charge is -2.11. The Hall–Kier alpha value is -4.38. The fourth-order valence-electron chi connectivity index (χ4n) is 4.35. The quantitative estimate of drug-likeness (QED) is 0.256. The van der Waals surface area contributed by atoms with Crippen LogP contribution < -0.4 is 5.32 Å². The van der Waals surface area contributed by atoms with Gasteiger partial charge in [0.15, 0.2) is 0 Å². The van der Waals surface area contributed by atoms with Crippen LogP contribution in [0.15, 0.2) is 97.3 Å². The standard InChI is InChI=1S/C30H27N3O2/c34-29(14-5-9-21-7-2-1-3-8-21)32-19-22-10-4-11-23(17-22)25-12-6-13-26(30(25)35)28-18-24-20-31-16-15-27(24)33-28/h1-4,6-8,10-13,15-18,20,33,35H,5,9,14,19H2,(H,32,34). The van der Waals surface area contributed by atoms with Crippen LogP contribution in [0.4, 0.5) is 0 Å². The molecule has 0 unspecified atom stereocenters. The van der Waals surface area contributed by atoms with Crippen molar-refractivity contribution in [2.45, 2.75) is 25.8 Å². The maximum atomic E-state index is 12.3. The van der Waals surface area contributed by atoms with Crippen LogP contribution >= 0.6 is 0 Å². The molecule has 35 heavy (non-hydrogen) atoms. The zero-order valence-corrected chi connectivity index (χ0v) is 19.4. The van der Waals surface area contributed by atoms with Gasteiger partial charge in [0, 0.05) is 47.4 Å². The zero-order chi connectivity index (χ0) is 24.0. The molecule has 0 spiro atoms. The molecule has 0 aliphatic rings. The Balaban J connectivity index is 1.26. The van der Waals surface area contributed by atoms with Crippen molar-refractivity contribution in [3.8, 4) is 28.1 Å². The van der Waals surface area contributed by atoms with Crippen molar-refractivity contribution in [1.82, 2.24) is 15.3 Å².